The topological polar surface area (TPSA) is 85.4 Å². The molecule has 2 heterocycles. The number of aromatic nitrogens is 1. The van der Waals surface area contributed by atoms with Crippen molar-refractivity contribution in [3.05, 3.63) is 29.3 Å². The first-order valence-corrected chi connectivity index (χ1v) is 10.0. The van der Waals surface area contributed by atoms with Crippen LogP contribution in [0, 0.1) is 0 Å². The van der Waals surface area contributed by atoms with Crippen LogP contribution in [0.4, 0.5) is 5.13 Å². The molecule has 0 aliphatic carbocycles. The van der Waals surface area contributed by atoms with Crippen LogP contribution in [-0.4, -0.2) is 69.9 Å². The van der Waals surface area contributed by atoms with Crippen molar-refractivity contribution in [2.45, 2.75) is 6.42 Å². The average molecular weight is 533 g/mol. The number of thiazole rings is 1. The van der Waals surface area contributed by atoms with E-state index < -0.39 is 0 Å². The van der Waals surface area contributed by atoms with Crippen LogP contribution < -0.4 is 24.8 Å². The van der Waals surface area contributed by atoms with Crippen molar-refractivity contribution in [2.75, 3.05) is 59.0 Å². The molecule has 1 aliphatic heterocycles. The van der Waals surface area contributed by atoms with Gasteiger partial charge in [-0.15, -0.1) is 35.3 Å². The van der Waals surface area contributed by atoms with E-state index in [0.29, 0.717) is 24.7 Å². The molecular formula is C19H28IN5O3S. The largest absolute Gasteiger partial charge is 0.496 e. The molecule has 1 aromatic carbocycles. The molecule has 1 aliphatic rings. The lowest BCUT2D eigenvalue weighted by Gasteiger charge is -2.35. The molecule has 8 nitrogen and oxygen atoms in total. The van der Waals surface area contributed by atoms with Gasteiger partial charge in [0.25, 0.3) is 0 Å². The van der Waals surface area contributed by atoms with Crippen LogP contribution in [0.3, 0.4) is 0 Å². The van der Waals surface area contributed by atoms with Crippen molar-refractivity contribution >= 4 is 46.4 Å². The van der Waals surface area contributed by atoms with Crippen LogP contribution in [0.5, 0.6) is 17.2 Å². The van der Waals surface area contributed by atoms with Gasteiger partial charge in [0.05, 0.1) is 21.3 Å². The lowest BCUT2D eigenvalue weighted by Crippen LogP contribution is -2.51. The first kappa shape index (κ1) is 23.3. The van der Waals surface area contributed by atoms with E-state index >= 15 is 0 Å². The Balaban J connectivity index is 0.00000300. The quantitative estimate of drug-likeness (QED) is 0.333. The molecule has 0 atom stereocenters. The van der Waals surface area contributed by atoms with Crippen LogP contribution in [-0.2, 0) is 6.42 Å². The second kappa shape index (κ2) is 11.3. The molecule has 0 saturated carbocycles. The Bertz CT molecular complexity index is 770. The summed E-state index contributed by atoms with van der Waals surface area (Å²) in [5.41, 5.74) is 7.18. The number of guanidine groups is 1. The number of hydrogen-bond donors (Lipinski definition) is 1. The number of nitrogens with two attached hydrogens (primary N) is 1. The van der Waals surface area contributed by atoms with Gasteiger partial charge in [-0.3, -0.25) is 4.99 Å². The number of hydrogen-bond acceptors (Lipinski definition) is 7. The van der Waals surface area contributed by atoms with Crippen molar-refractivity contribution in [1.82, 2.24) is 9.88 Å². The minimum atomic E-state index is 0. The minimum Gasteiger partial charge on any atom is -0.496 e. The van der Waals surface area contributed by atoms with Gasteiger partial charge < -0.3 is 29.7 Å². The highest BCUT2D eigenvalue weighted by atomic mass is 127. The molecule has 3 rings (SSSR count). The Kier molecular flexibility index (Phi) is 9.08. The number of ether oxygens (including phenoxy) is 3. The molecule has 160 valence electrons. The predicted octanol–water partition coefficient (Wildman–Crippen LogP) is 2.47. The molecule has 1 saturated heterocycles. The lowest BCUT2D eigenvalue weighted by atomic mass is 10.1. The van der Waals surface area contributed by atoms with Crippen LogP contribution in [0.1, 0.15) is 5.56 Å². The Labute approximate surface area is 192 Å². The number of rotatable bonds is 7. The van der Waals surface area contributed by atoms with E-state index in [2.05, 4.69) is 19.8 Å². The van der Waals surface area contributed by atoms with E-state index in [9.17, 15) is 0 Å². The molecule has 0 unspecified atom stereocenters. The SMILES string of the molecule is COc1cc(OC)c(CCN=C(N)N2CCN(c3nccs3)CC2)c(OC)c1.I. The molecule has 0 amide bonds. The first-order valence-electron chi connectivity index (χ1n) is 9.14. The van der Waals surface area contributed by atoms with Crippen LogP contribution in [0.2, 0.25) is 0 Å². The molecule has 10 heteroatoms. The molecule has 2 aromatic rings. The van der Waals surface area contributed by atoms with Crippen LogP contribution in [0.25, 0.3) is 0 Å². The highest BCUT2D eigenvalue weighted by Crippen LogP contribution is 2.34. The number of anilines is 1. The van der Waals surface area contributed by atoms with E-state index in [1.807, 2.05) is 23.7 Å². The van der Waals surface area contributed by atoms with Gasteiger partial charge in [-0.2, -0.15) is 0 Å². The van der Waals surface area contributed by atoms with Gasteiger partial charge in [-0.1, -0.05) is 0 Å². The van der Waals surface area contributed by atoms with Crippen LogP contribution >= 0.6 is 35.3 Å². The van der Waals surface area contributed by atoms with Gasteiger partial charge in [0, 0.05) is 62.0 Å². The Morgan fingerprint density at radius 2 is 1.76 bits per heavy atom. The predicted molar refractivity (Wildman–Crippen MR) is 128 cm³/mol. The third kappa shape index (κ3) is 5.78. The third-order valence-electron chi connectivity index (χ3n) is 4.75. The number of piperazine rings is 1. The van der Waals surface area contributed by atoms with Gasteiger partial charge in [0.15, 0.2) is 11.1 Å². The van der Waals surface area contributed by atoms with Crippen molar-refractivity contribution in [2.24, 2.45) is 10.7 Å². The third-order valence-corrected chi connectivity index (χ3v) is 5.58. The first-order chi connectivity index (χ1) is 13.7. The standard InChI is InChI=1S/C19H27N5O3S.HI/c1-25-14-12-16(26-2)15(17(13-14)27-3)4-5-21-18(20)23-7-9-24(10-8-23)19-22-6-11-28-19;/h6,11-13H,4-5,7-10H2,1-3H3,(H2,20,21);1H. The van der Waals surface area contributed by atoms with E-state index in [0.717, 1.165) is 48.4 Å². The summed E-state index contributed by atoms with van der Waals surface area (Å²) in [6, 6.07) is 3.70. The molecule has 2 N–H and O–H groups in total. The summed E-state index contributed by atoms with van der Waals surface area (Å²) >= 11 is 1.66. The number of halogens is 1. The molecule has 0 bridgehead atoms. The highest BCUT2D eigenvalue weighted by molar-refractivity contribution is 14.0. The normalized spacial score (nSPS) is 14.4. The van der Waals surface area contributed by atoms with E-state index in [4.69, 9.17) is 19.9 Å². The van der Waals surface area contributed by atoms with Gasteiger partial charge in [0.1, 0.15) is 17.2 Å². The maximum Gasteiger partial charge on any atom is 0.191 e. The fourth-order valence-corrected chi connectivity index (χ4v) is 3.90. The van der Waals surface area contributed by atoms with Crippen LogP contribution in [0.15, 0.2) is 28.7 Å². The summed E-state index contributed by atoms with van der Waals surface area (Å²) in [4.78, 5) is 13.3. The monoisotopic (exact) mass is 533 g/mol. The molecular weight excluding hydrogens is 505 g/mol. The summed E-state index contributed by atoms with van der Waals surface area (Å²) in [6.07, 6.45) is 2.50. The zero-order valence-electron chi connectivity index (χ0n) is 17.0. The maximum atomic E-state index is 6.23. The van der Waals surface area contributed by atoms with Crippen molar-refractivity contribution in [3.8, 4) is 17.2 Å². The Hall–Kier alpha value is -1.95. The summed E-state index contributed by atoms with van der Waals surface area (Å²) < 4.78 is 16.3. The van der Waals surface area contributed by atoms with Gasteiger partial charge >= 0.3 is 0 Å². The summed E-state index contributed by atoms with van der Waals surface area (Å²) in [5.74, 6) is 2.72. The minimum absolute atomic E-state index is 0. The maximum absolute atomic E-state index is 6.23. The zero-order chi connectivity index (χ0) is 19.9. The number of benzene rings is 1. The highest BCUT2D eigenvalue weighted by Gasteiger charge is 2.20. The second-order valence-electron chi connectivity index (χ2n) is 6.29. The fraction of sp³-hybridized carbons (Fsp3) is 0.474. The smallest absolute Gasteiger partial charge is 0.191 e. The van der Waals surface area contributed by atoms with E-state index in [-0.39, 0.29) is 24.0 Å². The molecule has 1 aromatic heterocycles. The zero-order valence-corrected chi connectivity index (χ0v) is 20.1. The molecule has 29 heavy (non-hydrogen) atoms. The number of nitrogens with zero attached hydrogens (tertiary/aromatic N) is 4. The van der Waals surface area contributed by atoms with Gasteiger partial charge in [0.2, 0.25) is 0 Å². The summed E-state index contributed by atoms with van der Waals surface area (Å²) in [5, 5.41) is 3.06. The lowest BCUT2D eigenvalue weighted by molar-refractivity contribution is 0.368. The molecule has 1 fully saturated rings. The van der Waals surface area contributed by atoms with Gasteiger partial charge in [-0.25, -0.2) is 4.98 Å². The second-order valence-corrected chi connectivity index (χ2v) is 7.16. The van der Waals surface area contributed by atoms with Crippen molar-refractivity contribution < 1.29 is 14.2 Å². The summed E-state index contributed by atoms with van der Waals surface area (Å²) in [7, 11) is 4.89. The van der Waals surface area contributed by atoms with Crippen molar-refractivity contribution in [1.29, 1.82) is 0 Å². The van der Waals surface area contributed by atoms with Crippen molar-refractivity contribution in [3.63, 3.8) is 0 Å². The average Bonchev–Trinajstić information content (AvgIpc) is 3.28. The summed E-state index contributed by atoms with van der Waals surface area (Å²) in [6.45, 7) is 4.01. The number of methoxy groups -OCH3 is 3. The Morgan fingerprint density at radius 1 is 1.10 bits per heavy atom. The van der Waals surface area contributed by atoms with E-state index in [1.54, 1.807) is 32.7 Å². The van der Waals surface area contributed by atoms with E-state index in [1.165, 1.54) is 0 Å². The number of aliphatic imine (C=N–C) groups is 1. The van der Waals surface area contributed by atoms with Gasteiger partial charge in [-0.05, 0) is 6.42 Å². The molecule has 0 spiro atoms. The molecule has 0 radical (unpaired) electrons. The fourth-order valence-electron chi connectivity index (χ4n) is 3.21. The Morgan fingerprint density at radius 3 is 2.28 bits per heavy atom.